The van der Waals surface area contributed by atoms with Gasteiger partial charge in [0.1, 0.15) is 5.58 Å². The van der Waals surface area contributed by atoms with E-state index < -0.39 is 0 Å². The smallest absolute Gasteiger partial charge is 0.236 e. The third-order valence-corrected chi connectivity index (χ3v) is 3.27. The molecule has 0 spiro atoms. The molecule has 2 aromatic rings. The molecule has 0 radical (unpaired) electrons. The minimum atomic E-state index is 0.137. The quantitative estimate of drug-likeness (QED) is 0.867. The Bertz CT molecular complexity index is 544. The molecule has 1 amide bonds. The van der Waals surface area contributed by atoms with Gasteiger partial charge < -0.3 is 14.6 Å². The van der Waals surface area contributed by atoms with Crippen LogP contribution < -0.4 is 5.32 Å². The number of fused-ring (bicyclic) bond motifs is 1. The third kappa shape index (κ3) is 3.15. The largest absolute Gasteiger partial charge is 0.464 e. The third-order valence-electron chi connectivity index (χ3n) is 3.27. The van der Waals surface area contributed by atoms with Gasteiger partial charge in [0, 0.05) is 30.6 Å². The molecule has 4 nitrogen and oxygen atoms in total. The number of para-hydroxylation sites is 1. The highest BCUT2D eigenvalue weighted by Crippen LogP contribution is 2.20. The van der Waals surface area contributed by atoms with Crippen molar-refractivity contribution in [2.75, 3.05) is 19.6 Å². The number of rotatable bonds is 6. The van der Waals surface area contributed by atoms with Crippen molar-refractivity contribution in [3.63, 3.8) is 0 Å². The average molecular weight is 260 g/mol. The molecule has 0 unspecified atom stereocenters. The normalized spacial score (nSPS) is 10.8. The Balaban J connectivity index is 1.91. The Morgan fingerprint density at radius 2 is 2.00 bits per heavy atom. The Kier molecular flexibility index (Phi) is 4.58. The maximum Gasteiger partial charge on any atom is 0.236 e. The number of amides is 1. The molecule has 102 valence electrons. The van der Waals surface area contributed by atoms with Gasteiger partial charge in [0.05, 0.1) is 12.8 Å². The monoisotopic (exact) mass is 260 g/mol. The van der Waals surface area contributed by atoms with Gasteiger partial charge in [-0.25, -0.2) is 0 Å². The molecule has 2 rings (SSSR count). The highest BCUT2D eigenvalue weighted by molar-refractivity contribution is 5.81. The van der Waals surface area contributed by atoms with Crippen LogP contribution in [0.25, 0.3) is 11.0 Å². The fourth-order valence-electron chi connectivity index (χ4n) is 2.16. The van der Waals surface area contributed by atoms with Crippen molar-refractivity contribution in [1.29, 1.82) is 0 Å². The van der Waals surface area contributed by atoms with Crippen molar-refractivity contribution < 1.29 is 9.21 Å². The van der Waals surface area contributed by atoms with Crippen molar-refractivity contribution in [3.05, 3.63) is 36.1 Å². The van der Waals surface area contributed by atoms with Gasteiger partial charge in [0.25, 0.3) is 0 Å². The van der Waals surface area contributed by atoms with E-state index in [1.54, 1.807) is 6.26 Å². The Hall–Kier alpha value is -1.81. The Morgan fingerprint density at radius 3 is 2.74 bits per heavy atom. The van der Waals surface area contributed by atoms with Crippen LogP contribution in [-0.4, -0.2) is 30.4 Å². The highest BCUT2D eigenvalue weighted by atomic mass is 16.3. The maximum atomic E-state index is 11.8. The number of likely N-dealkylation sites (N-methyl/N-ethyl adjacent to an activating group) is 1. The second-order valence-electron chi connectivity index (χ2n) is 4.43. The maximum absolute atomic E-state index is 11.8. The second kappa shape index (κ2) is 6.38. The molecule has 4 heteroatoms. The standard InChI is InChI=1S/C15H20N2O2/c1-3-17(4-2)15(18)10-16-9-12-11-19-14-8-6-5-7-13(12)14/h5-8,11,16H,3-4,9-10H2,1-2H3. The molecule has 0 saturated carbocycles. The molecule has 0 fully saturated rings. The van der Waals surface area contributed by atoms with Crippen LogP contribution in [0.2, 0.25) is 0 Å². The van der Waals surface area contributed by atoms with Crippen LogP contribution in [0.5, 0.6) is 0 Å². The molecule has 19 heavy (non-hydrogen) atoms. The highest BCUT2D eigenvalue weighted by Gasteiger charge is 2.09. The van der Waals surface area contributed by atoms with Gasteiger partial charge >= 0.3 is 0 Å². The number of hydrogen-bond acceptors (Lipinski definition) is 3. The predicted molar refractivity (Wildman–Crippen MR) is 75.8 cm³/mol. The van der Waals surface area contributed by atoms with Crippen LogP contribution in [0.3, 0.4) is 0 Å². The van der Waals surface area contributed by atoms with Crippen LogP contribution >= 0.6 is 0 Å². The van der Waals surface area contributed by atoms with Gasteiger partial charge in [0.2, 0.25) is 5.91 Å². The summed E-state index contributed by atoms with van der Waals surface area (Å²) in [6.07, 6.45) is 1.75. The first-order chi connectivity index (χ1) is 9.26. The minimum absolute atomic E-state index is 0.137. The van der Waals surface area contributed by atoms with E-state index in [9.17, 15) is 4.79 Å². The Labute approximate surface area is 113 Å². The predicted octanol–water partition coefficient (Wildman–Crippen LogP) is 2.39. The summed E-state index contributed by atoms with van der Waals surface area (Å²) in [5, 5.41) is 4.28. The van der Waals surface area contributed by atoms with Gasteiger partial charge in [-0.1, -0.05) is 18.2 Å². The molecule has 0 atom stereocenters. The van der Waals surface area contributed by atoms with Crippen LogP contribution in [-0.2, 0) is 11.3 Å². The number of carbonyl (C=O) groups excluding carboxylic acids is 1. The lowest BCUT2D eigenvalue weighted by molar-refractivity contribution is -0.129. The van der Waals surface area contributed by atoms with Gasteiger partial charge in [-0.3, -0.25) is 4.79 Å². The zero-order valence-electron chi connectivity index (χ0n) is 11.5. The van der Waals surface area contributed by atoms with E-state index in [-0.39, 0.29) is 5.91 Å². The fraction of sp³-hybridized carbons (Fsp3) is 0.400. The first-order valence-corrected chi connectivity index (χ1v) is 6.69. The van der Waals surface area contributed by atoms with Crippen LogP contribution in [0.15, 0.2) is 34.9 Å². The SMILES string of the molecule is CCN(CC)C(=O)CNCc1coc2ccccc12. The van der Waals surface area contributed by atoms with E-state index in [4.69, 9.17) is 4.42 Å². The number of carbonyl (C=O) groups is 1. The first-order valence-electron chi connectivity index (χ1n) is 6.69. The van der Waals surface area contributed by atoms with Gasteiger partial charge in [-0.15, -0.1) is 0 Å². The molecule has 1 N–H and O–H groups in total. The van der Waals surface area contributed by atoms with Crippen molar-refractivity contribution in [1.82, 2.24) is 10.2 Å². The number of benzene rings is 1. The number of nitrogens with one attached hydrogen (secondary N) is 1. The number of hydrogen-bond donors (Lipinski definition) is 1. The second-order valence-corrected chi connectivity index (χ2v) is 4.43. The van der Waals surface area contributed by atoms with Crippen molar-refractivity contribution >= 4 is 16.9 Å². The summed E-state index contributed by atoms with van der Waals surface area (Å²) in [7, 11) is 0. The van der Waals surface area contributed by atoms with Crippen LogP contribution in [0.1, 0.15) is 19.4 Å². The Morgan fingerprint density at radius 1 is 1.26 bits per heavy atom. The first kappa shape index (κ1) is 13.6. The van der Waals surface area contributed by atoms with Crippen molar-refractivity contribution in [2.45, 2.75) is 20.4 Å². The number of nitrogens with zero attached hydrogens (tertiary/aromatic N) is 1. The van der Waals surface area contributed by atoms with Crippen LogP contribution in [0.4, 0.5) is 0 Å². The summed E-state index contributed by atoms with van der Waals surface area (Å²) in [6, 6.07) is 7.91. The molecular formula is C15H20N2O2. The van der Waals surface area contributed by atoms with E-state index >= 15 is 0 Å². The van der Waals surface area contributed by atoms with E-state index in [1.807, 2.05) is 43.0 Å². The van der Waals surface area contributed by atoms with Gasteiger partial charge in [-0.2, -0.15) is 0 Å². The number of furan rings is 1. The van der Waals surface area contributed by atoms with Crippen molar-refractivity contribution in [2.24, 2.45) is 0 Å². The molecule has 1 aromatic carbocycles. The zero-order chi connectivity index (χ0) is 13.7. The van der Waals surface area contributed by atoms with Crippen LogP contribution in [0, 0.1) is 0 Å². The summed E-state index contributed by atoms with van der Waals surface area (Å²) < 4.78 is 5.46. The fourth-order valence-corrected chi connectivity index (χ4v) is 2.16. The van der Waals surface area contributed by atoms with Gasteiger partial charge in [0.15, 0.2) is 0 Å². The summed E-state index contributed by atoms with van der Waals surface area (Å²) in [5.74, 6) is 0.137. The summed E-state index contributed by atoms with van der Waals surface area (Å²) in [5.41, 5.74) is 1.97. The molecule has 0 bridgehead atoms. The lowest BCUT2D eigenvalue weighted by Crippen LogP contribution is -2.37. The molecule has 0 aliphatic carbocycles. The molecule has 0 aliphatic rings. The average Bonchev–Trinajstić information content (AvgIpc) is 2.84. The summed E-state index contributed by atoms with van der Waals surface area (Å²) >= 11 is 0. The summed E-state index contributed by atoms with van der Waals surface area (Å²) in [4.78, 5) is 13.7. The van der Waals surface area contributed by atoms with E-state index in [0.29, 0.717) is 13.1 Å². The zero-order valence-corrected chi connectivity index (χ0v) is 11.5. The molecule has 0 saturated heterocycles. The lowest BCUT2D eigenvalue weighted by atomic mass is 10.2. The van der Waals surface area contributed by atoms with E-state index in [1.165, 1.54) is 0 Å². The van der Waals surface area contributed by atoms with Gasteiger partial charge in [-0.05, 0) is 19.9 Å². The summed E-state index contributed by atoms with van der Waals surface area (Å²) in [6.45, 7) is 6.50. The van der Waals surface area contributed by atoms with Crippen molar-refractivity contribution in [3.8, 4) is 0 Å². The molecule has 1 aromatic heterocycles. The van der Waals surface area contributed by atoms with E-state index in [0.717, 1.165) is 29.6 Å². The topological polar surface area (TPSA) is 45.5 Å². The van der Waals surface area contributed by atoms with E-state index in [2.05, 4.69) is 5.32 Å². The lowest BCUT2D eigenvalue weighted by Gasteiger charge is -2.18. The molecular weight excluding hydrogens is 240 g/mol. The molecule has 1 heterocycles. The minimum Gasteiger partial charge on any atom is -0.464 e. The molecule has 0 aliphatic heterocycles.